The Labute approximate surface area is 176 Å². The molecule has 3 aromatic rings. The number of sulfonamides is 1. The van der Waals surface area contributed by atoms with Gasteiger partial charge in [-0.2, -0.15) is 12.7 Å². The van der Waals surface area contributed by atoms with Crippen LogP contribution in [0.1, 0.15) is 5.56 Å². The molecule has 150 valence electrons. The van der Waals surface area contributed by atoms with E-state index in [0.717, 1.165) is 23.5 Å². The molecular weight excluding hydrogens is 437 g/mol. The fourth-order valence-electron chi connectivity index (χ4n) is 2.56. The van der Waals surface area contributed by atoms with Crippen molar-refractivity contribution in [2.24, 2.45) is 0 Å². The maximum Gasteiger partial charge on any atom is 0.280 e. The number of hydrogen-bond donors (Lipinski definition) is 0. The van der Waals surface area contributed by atoms with Crippen LogP contribution in [0.15, 0.2) is 70.3 Å². The summed E-state index contributed by atoms with van der Waals surface area (Å²) in [7, 11) is -2.85. The molecule has 0 bridgehead atoms. The van der Waals surface area contributed by atoms with Crippen molar-refractivity contribution < 1.29 is 22.3 Å². The predicted octanol–water partition coefficient (Wildman–Crippen LogP) is 4.98. The molecule has 1 amide bonds. The average Bonchev–Trinajstić information content (AvgIpc) is 3.24. The number of hydrogen-bond acceptors (Lipinski definition) is 5. The molecule has 1 aromatic heterocycles. The van der Waals surface area contributed by atoms with Gasteiger partial charge >= 0.3 is 0 Å². The van der Waals surface area contributed by atoms with Crippen LogP contribution in [0, 0.1) is 5.82 Å². The first kappa shape index (κ1) is 21.0. The van der Waals surface area contributed by atoms with E-state index in [2.05, 4.69) is 0 Å². The summed E-state index contributed by atoms with van der Waals surface area (Å²) in [6.45, 7) is 0. The number of anilines is 1. The van der Waals surface area contributed by atoms with Gasteiger partial charge in [-0.3, -0.25) is 4.79 Å². The first-order valence-corrected chi connectivity index (χ1v) is 10.9. The fourth-order valence-corrected chi connectivity index (χ4v) is 5.25. The first-order valence-electron chi connectivity index (χ1n) is 8.24. The number of thiophene rings is 1. The van der Waals surface area contributed by atoms with Crippen LogP contribution >= 0.6 is 22.9 Å². The summed E-state index contributed by atoms with van der Waals surface area (Å²) in [5, 5.41) is 1.69. The van der Waals surface area contributed by atoms with Crippen molar-refractivity contribution in [2.45, 2.75) is 4.21 Å². The molecule has 0 saturated carbocycles. The van der Waals surface area contributed by atoms with Crippen molar-refractivity contribution in [1.82, 2.24) is 0 Å². The van der Waals surface area contributed by atoms with Crippen LogP contribution in [-0.2, 0) is 14.8 Å². The lowest BCUT2D eigenvalue weighted by Crippen LogP contribution is -2.35. The molecule has 5 nitrogen and oxygen atoms in total. The Bertz CT molecular complexity index is 1140. The van der Waals surface area contributed by atoms with Crippen LogP contribution in [0.4, 0.5) is 10.1 Å². The van der Waals surface area contributed by atoms with E-state index >= 15 is 0 Å². The molecule has 9 heteroatoms. The molecule has 0 atom stereocenters. The first-order chi connectivity index (χ1) is 13.9. The van der Waals surface area contributed by atoms with Crippen LogP contribution < -0.4 is 9.04 Å². The van der Waals surface area contributed by atoms with Gasteiger partial charge in [-0.1, -0.05) is 35.9 Å². The van der Waals surface area contributed by atoms with Gasteiger partial charge in [0.05, 0.1) is 12.1 Å². The number of methoxy groups -OCH3 is 1. The van der Waals surface area contributed by atoms with E-state index in [1.807, 2.05) is 0 Å². The maximum atomic E-state index is 14.0. The minimum atomic E-state index is -4.22. The topological polar surface area (TPSA) is 63.7 Å². The van der Waals surface area contributed by atoms with Crippen LogP contribution in [0.25, 0.3) is 6.08 Å². The van der Waals surface area contributed by atoms with Crippen molar-refractivity contribution in [3.05, 3.63) is 82.5 Å². The van der Waals surface area contributed by atoms with Gasteiger partial charge in [0.2, 0.25) is 0 Å². The highest BCUT2D eigenvalue weighted by Crippen LogP contribution is 2.34. The number of rotatable bonds is 6. The zero-order chi connectivity index (χ0) is 21.0. The van der Waals surface area contributed by atoms with Gasteiger partial charge in [-0.25, -0.2) is 4.39 Å². The van der Waals surface area contributed by atoms with Crippen molar-refractivity contribution in [3.8, 4) is 5.75 Å². The summed E-state index contributed by atoms with van der Waals surface area (Å²) in [4.78, 5) is 13.0. The number of benzene rings is 2. The number of carbonyl (C=O) groups excluding carboxylic acids is 1. The molecule has 0 aliphatic rings. The molecule has 0 saturated heterocycles. The molecule has 0 unspecified atom stereocenters. The highest BCUT2D eigenvalue weighted by atomic mass is 35.5. The largest absolute Gasteiger partial charge is 0.495 e. The van der Waals surface area contributed by atoms with Gasteiger partial charge in [-0.15, -0.1) is 11.3 Å². The van der Waals surface area contributed by atoms with Crippen molar-refractivity contribution in [3.63, 3.8) is 0 Å². The van der Waals surface area contributed by atoms with Gasteiger partial charge in [0, 0.05) is 11.6 Å². The molecule has 29 heavy (non-hydrogen) atoms. The van der Waals surface area contributed by atoms with E-state index in [4.69, 9.17) is 16.3 Å². The monoisotopic (exact) mass is 451 g/mol. The van der Waals surface area contributed by atoms with E-state index in [1.54, 1.807) is 23.6 Å². The molecule has 0 aliphatic heterocycles. The summed E-state index contributed by atoms with van der Waals surface area (Å²) in [6.07, 6.45) is 2.11. The lowest BCUT2D eigenvalue weighted by Gasteiger charge is -2.22. The van der Waals surface area contributed by atoms with Gasteiger partial charge < -0.3 is 4.74 Å². The lowest BCUT2D eigenvalue weighted by atomic mass is 10.2. The lowest BCUT2D eigenvalue weighted by molar-refractivity contribution is -0.113. The number of ether oxygens (including phenoxy) is 1. The summed E-state index contributed by atoms with van der Waals surface area (Å²) < 4.78 is 46.2. The quantitative estimate of drug-likeness (QED) is 0.495. The SMILES string of the molecule is COc1ccccc1N(C(=O)/C=C/c1c(F)cccc1Cl)S(=O)(=O)c1cccs1. The van der Waals surface area contributed by atoms with Gasteiger partial charge in [0.1, 0.15) is 21.5 Å². The Morgan fingerprint density at radius 3 is 2.55 bits per heavy atom. The number of amides is 1. The Balaban J connectivity index is 2.11. The Kier molecular flexibility index (Phi) is 6.36. The average molecular weight is 452 g/mol. The molecule has 0 spiro atoms. The zero-order valence-electron chi connectivity index (χ0n) is 15.1. The summed E-state index contributed by atoms with van der Waals surface area (Å²) >= 11 is 6.95. The van der Waals surface area contributed by atoms with Crippen molar-refractivity contribution in [1.29, 1.82) is 0 Å². The van der Waals surface area contributed by atoms with Crippen LogP contribution in [-0.4, -0.2) is 21.4 Å². The molecule has 3 rings (SSSR count). The number of halogens is 2. The molecule has 0 fully saturated rings. The minimum Gasteiger partial charge on any atom is -0.495 e. The van der Waals surface area contributed by atoms with Gasteiger partial charge in [-0.05, 0) is 41.8 Å². The normalized spacial score (nSPS) is 11.6. The standard InChI is InChI=1S/C20H15ClFNO4S2/c1-27-18-9-3-2-8-17(18)23(29(25,26)20-10-5-13-28-20)19(24)12-11-14-15(21)6-4-7-16(14)22/h2-13H,1H3/b12-11+. The molecule has 0 aliphatic carbocycles. The van der Waals surface area contributed by atoms with Crippen molar-refractivity contribution >= 4 is 50.6 Å². The highest BCUT2D eigenvalue weighted by molar-refractivity contribution is 7.95. The smallest absolute Gasteiger partial charge is 0.280 e. The fraction of sp³-hybridized carbons (Fsp3) is 0.0500. The summed E-state index contributed by atoms with van der Waals surface area (Å²) in [5.74, 6) is -1.34. The Hall–Kier alpha value is -2.68. The van der Waals surface area contributed by atoms with Gasteiger partial charge in [0.15, 0.2) is 0 Å². The molecule has 1 heterocycles. The molecule has 0 radical (unpaired) electrons. The van der Waals surface area contributed by atoms with Crippen LogP contribution in [0.3, 0.4) is 0 Å². The number of para-hydroxylation sites is 2. The summed E-state index contributed by atoms with van der Waals surface area (Å²) in [5.41, 5.74) is 0.0219. The summed E-state index contributed by atoms with van der Waals surface area (Å²) in [6, 6.07) is 13.3. The van der Waals surface area contributed by atoms with Crippen LogP contribution in [0.5, 0.6) is 5.75 Å². The van der Waals surface area contributed by atoms with E-state index in [0.29, 0.717) is 4.31 Å². The second-order valence-corrected chi connectivity index (χ2v) is 9.05. The third kappa shape index (κ3) is 4.34. The Morgan fingerprint density at radius 2 is 1.90 bits per heavy atom. The highest BCUT2D eigenvalue weighted by Gasteiger charge is 2.32. The molecule has 0 N–H and O–H groups in total. The molecule has 2 aromatic carbocycles. The van der Waals surface area contributed by atoms with E-state index in [-0.39, 0.29) is 26.2 Å². The third-order valence-electron chi connectivity index (χ3n) is 3.89. The number of carbonyl (C=O) groups is 1. The Morgan fingerprint density at radius 1 is 1.14 bits per heavy atom. The second kappa shape index (κ2) is 8.77. The second-order valence-electron chi connectivity index (χ2n) is 5.68. The van der Waals surface area contributed by atoms with Gasteiger partial charge in [0.25, 0.3) is 15.9 Å². The number of nitrogens with zero attached hydrogens (tertiary/aromatic N) is 1. The van der Waals surface area contributed by atoms with E-state index in [1.165, 1.54) is 43.5 Å². The molecular formula is C20H15ClFNO4S2. The van der Waals surface area contributed by atoms with E-state index in [9.17, 15) is 17.6 Å². The minimum absolute atomic E-state index is 0.0176. The third-order valence-corrected chi connectivity index (χ3v) is 7.30. The van der Waals surface area contributed by atoms with E-state index < -0.39 is 21.7 Å². The van der Waals surface area contributed by atoms with Crippen LogP contribution in [0.2, 0.25) is 5.02 Å². The predicted molar refractivity (Wildman–Crippen MR) is 112 cm³/mol. The van der Waals surface area contributed by atoms with Crippen molar-refractivity contribution in [2.75, 3.05) is 11.4 Å². The zero-order valence-corrected chi connectivity index (χ0v) is 17.5. The maximum absolute atomic E-state index is 14.0.